The van der Waals surface area contributed by atoms with Crippen LogP contribution in [0.3, 0.4) is 0 Å². The molecule has 1 aromatic heterocycles. The molecule has 1 aliphatic heterocycles. The molecule has 6 nitrogen and oxygen atoms in total. The summed E-state index contributed by atoms with van der Waals surface area (Å²) in [5.41, 5.74) is 3.71. The Morgan fingerprint density at radius 3 is 2.73 bits per heavy atom. The molecule has 0 saturated carbocycles. The molecule has 2 N–H and O–H groups in total. The normalized spacial score (nSPS) is 14.8. The van der Waals surface area contributed by atoms with Crippen LogP contribution < -0.4 is 10.6 Å². The van der Waals surface area contributed by atoms with Crippen LogP contribution in [0.1, 0.15) is 21.5 Å². The molecule has 26 heavy (non-hydrogen) atoms. The molecule has 138 valence electrons. The number of ether oxygens (including phenoxy) is 1. The highest BCUT2D eigenvalue weighted by Crippen LogP contribution is 2.09. The Labute approximate surface area is 154 Å². The van der Waals surface area contributed by atoms with Gasteiger partial charge in [0.05, 0.1) is 24.5 Å². The van der Waals surface area contributed by atoms with Crippen molar-refractivity contribution in [2.75, 3.05) is 44.7 Å². The largest absolute Gasteiger partial charge is 0.382 e. The van der Waals surface area contributed by atoms with E-state index in [1.165, 1.54) is 5.56 Å². The van der Waals surface area contributed by atoms with Gasteiger partial charge in [0, 0.05) is 45.1 Å². The molecule has 0 unspecified atom stereocenters. The summed E-state index contributed by atoms with van der Waals surface area (Å²) in [6, 6.07) is 9.98. The molecule has 1 aliphatic rings. The maximum Gasteiger partial charge on any atom is 0.253 e. The van der Waals surface area contributed by atoms with Crippen LogP contribution >= 0.6 is 0 Å². The summed E-state index contributed by atoms with van der Waals surface area (Å²) >= 11 is 0. The lowest BCUT2D eigenvalue weighted by molar-refractivity contribution is 0.0398. The first-order valence-corrected chi connectivity index (χ1v) is 9.03. The van der Waals surface area contributed by atoms with Crippen LogP contribution in [0.4, 0.5) is 5.69 Å². The highest BCUT2D eigenvalue weighted by atomic mass is 16.5. The molecule has 1 amide bonds. The zero-order valence-electron chi connectivity index (χ0n) is 15.2. The van der Waals surface area contributed by atoms with Crippen molar-refractivity contribution in [3.05, 3.63) is 59.4 Å². The first-order valence-electron chi connectivity index (χ1n) is 9.03. The molecular weight excluding hydrogens is 328 g/mol. The zero-order valence-corrected chi connectivity index (χ0v) is 15.2. The van der Waals surface area contributed by atoms with Crippen molar-refractivity contribution in [2.45, 2.75) is 13.5 Å². The lowest BCUT2D eigenvalue weighted by Crippen LogP contribution is -2.39. The van der Waals surface area contributed by atoms with Gasteiger partial charge < -0.3 is 15.4 Å². The summed E-state index contributed by atoms with van der Waals surface area (Å²) in [4.78, 5) is 18.9. The van der Waals surface area contributed by atoms with E-state index in [-0.39, 0.29) is 5.91 Å². The van der Waals surface area contributed by atoms with Crippen molar-refractivity contribution in [1.29, 1.82) is 0 Å². The Balaban J connectivity index is 1.47. The number of amides is 1. The first-order chi connectivity index (χ1) is 12.7. The third-order valence-electron chi connectivity index (χ3n) is 4.43. The number of nitrogens with one attached hydrogen (secondary N) is 2. The third-order valence-corrected chi connectivity index (χ3v) is 4.43. The number of pyridine rings is 1. The van der Waals surface area contributed by atoms with E-state index >= 15 is 0 Å². The molecular formula is C20H26N4O2. The Morgan fingerprint density at radius 1 is 1.19 bits per heavy atom. The average molecular weight is 354 g/mol. The van der Waals surface area contributed by atoms with Crippen molar-refractivity contribution in [3.8, 4) is 0 Å². The van der Waals surface area contributed by atoms with E-state index in [0.717, 1.165) is 50.6 Å². The Kier molecular flexibility index (Phi) is 6.57. The summed E-state index contributed by atoms with van der Waals surface area (Å²) in [6.45, 7) is 7.88. The minimum Gasteiger partial charge on any atom is -0.382 e. The van der Waals surface area contributed by atoms with Crippen molar-refractivity contribution in [1.82, 2.24) is 15.2 Å². The Morgan fingerprint density at radius 2 is 1.96 bits per heavy atom. The Bertz CT molecular complexity index is 712. The molecule has 0 spiro atoms. The van der Waals surface area contributed by atoms with Crippen LogP contribution in [-0.4, -0.2) is 55.2 Å². The van der Waals surface area contributed by atoms with Gasteiger partial charge in [0.15, 0.2) is 0 Å². The number of morpholine rings is 1. The fraction of sp³-hybridized carbons (Fsp3) is 0.400. The number of carbonyl (C=O) groups excluding carboxylic acids is 1. The molecule has 0 radical (unpaired) electrons. The highest BCUT2D eigenvalue weighted by molar-refractivity contribution is 5.94. The molecule has 1 aromatic carbocycles. The predicted molar refractivity (Wildman–Crippen MR) is 102 cm³/mol. The Hall–Kier alpha value is -2.44. The fourth-order valence-electron chi connectivity index (χ4n) is 2.83. The van der Waals surface area contributed by atoms with Crippen molar-refractivity contribution < 1.29 is 9.53 Å². The maximum absolute atomic E-state index is 12.4. The van der Waals surface area contributed by atoms with Crippen LogP contribution in [-0.2, 0) is 11.3 Å². The summed E-state index contributed by atoms with van der Waals surface area (Å²) in [7, 11) is 0. The zero-order chi connectivity index (χ0) is 18.2. The van der Waals surface area contributed by atoms with Crippen molar-refractivity contribution >= 4 is 11.6 Å². The summed E-state index contributed by atoms with van der Waals surface area (Å²) in [6.07, 6.45) is 3.34. The van der Waals surface area contributed by atoms with Crippen LogP contribution in [0.15, 0.2) is 42.7 Å². The first kappa shape index (κ1) is 18.4. The van der Waals surface area contributed by atoms with Crippen LogP contribution in [0.25, 0.3) is 0 Å². The van der Waals surface area contributed by atoms with Crippen molar-refractivity contribution in [3.63, 3.8) is 0 Å². The average Bonchev–Trinajstić information content (AvgIpc) is 2.68. The summed E-state index contributed by atoms with van der Waals surface area (Å²) < 4.78 is 5.35. The van der Waals surface area contributed by atoms with Gasteiger partial charge in [0.2, 0.25) is 0 Å². The molecule has 0 bridgehead atoms. The second kappa shape index (κ2) is 9.31. The lowest BCUT2D eigenvalue weighted by Gasteiger charge is -2.26. The number of carbonyl (C=O) groups is 1. The molecule has 2 heterocycles. The van der Waals surface area contributed by atoms with Crippen LogP contribution in [0.5, 0.6) is 0 Å². The summed E-state index contributed by atoms with van der Waals surface area (Å²) in [5, 5.41) is 6.28. The third kappa shape index (κ3) is 5.54. The van der Waals surface area contributed by atoms with Gasteiger partial charge in [-0.05, 0) is 18.6 Å². The number of anilines is 1. The van der Waals surface area contributed by atoms with Crippen LogP contribution in [0, 0.1) is 6.92 Å². The van der Waals surface area contributed by atoms with Crippen LogP contribution in [0.2, 0.25) is 0 Å². The van der Waals surface area contributed by atoms with E-state index in [1.807, 2.05) is 37.3 Å². The number of aromatic nitrogens is 1. The van der Waals surface area contributed by atoms with E-state index in [9.17, 15) is 4.79 Å². The van der Waals surface area contributed by atoms with E-state index in [2.05, 4.69) is 20.5 Å². The quantitative estimate of drug-likeness (QED) is 0.797. The number of benzene rings is 1. The second-order valence-corrected chi connectivity index (χ2v) is 6.51. The van der Waals surface area contributed by atoms with Gasteiger partial charge in [0.25, 0.3) is 5.91 Å². The summed E-state index contributed by atoms with van der Waals surface area (Å²) in [5.74, 6) is -0.116. The van der Waals surface area contributed by atoms with Gasteiger partial charge in [-0.3, -0.25) is 14.7 Å². The van der Waals surface area contributed by atoms with Gasteiger partial charge in [-0.15, -0.1) is 0 Å². The predicted octanol–water partition coefficient (Wildman–Crippen LogP) is 2.06. The van der Waals surface area contributed by atoms with Gasteiger partial charge in [0.1, 0.15) is 0 Å². The smallest absolute Gasteiger partial charge is 0.253 e. The number of hydrogen-bond donors (Lipinski definition) is 2. The maximum atomic E-state index is 12.4. The van der Waals surface area contributed by atoms with Gasteiger partial charge >= 0.3 is 0 Å². The molecule has 1 fully saturated rings. The molecule has 0 atom stereocenters. The van der Waals surface area contributed by atoms with E-state index in [1.54, 1.807) is 12.4 Å². The molecule has 2 aromatic rings. The second-order valence-electron chi connectivity index (χ2n) is 6.51. The number of aryl methyl sites for hydroxylation is 1. The monoisotopic (exact) mass is 354 g/mol. The van der Waals surface area contributed by atoms with Crippen molar-refractivity contribution in [2.24, 2.45) is 0 Å². The number of rotatable bonds is 7. The topological polar surface area (TPSA) is 66.5 Å². The minimum absolute atomic E-state index is 0.116. The van der Waals surface area contributed by atoms with E-state index < -0.39 is 0 Å². The molecule has 3 rings (SSSR count). The molecule has 0 aliphatic carbocycles. The van der Waals surface area contributed by atoms with Gasteiger partial charge in [-0.25, -0.2) is 0 Å². The van der Waals surface area contributed by atoms with Gasteiger partial charge in [-0.1, -0.05) is 29.8 Å². The van der Waals surface area contributed by atoms with E-state index in [4.69, 9.17) is 4.74 Å². The fourth-order valence-corrected chi connectivity index (χ4v) is 2.83. The number of hydrogen-bond acceptors (Lipinski definition) is 5. The van der Waals surface area contributed by atoms with Gasteiger partial charge in [-0.2, -0.15) is 0 Å². The molecule has 1 saturated heterocycles. The van der Waals surface area contributed by atoms with E-state index in [0.29, 0.717) is 12.1 Å². The number of nitrogens with zero attached hydrogens (tertiary/aromatic N) is 2. The minimum atomic E-state index is -0.116. The molecule has 6 heteroatoms. The lowest BCUT2D eigenvalue weighted by atomic mass is 10.1. The highest BCUT2D eigenvalue weighted by Gasteiger charge is 2.10. The SMILES string of the molecule is Cc1ccc(CNC(=O)c2cncc(NCCN3CCOCC3)c2)cc1. The standard InChI is InChI=1S/C20H26N4O2/c1-16-2-4-17(5-3-16)13-23-20(25)18-12-19(15-21-14-18)22-6-7-24-8-10-26-11-9-24/h2-5,12,14-15,22H,6-11,13H2,1H3,(H,23,25).